The average molecular weight is 509 g/mol. The highest BCUT2D eigenvalue weighted by Gasteiger charge is 2.16. The Morgan fingerprint density at radius 3 is 2.51 bits per heavy atom. The summed E-state index contributed by atoms with van der Waals surface area (Å²) >= 11 is 0. The first-order valence-corrected chi connectivity index (χ1v) is 12.7. The second kappa shape index (κ2) is 9.92. The molecule has 0 saturated heterocycles. The summed E-state index contributed by atoms with van der Waals surface area (Å²) in [6.45, 7) is 1.51. The van der Waals surface area contributed by atoms with Crippen LogP contribution in [0.3, 0.4) is 0 Å². The molecular formula is C31H24N8. The van der Waals surface area contributed by atoms with Crippen LogP contribution in [0.25, 0.3) is 55.8 Å². The van der Waals surface area contributed by atoms with Crippen LogP contribution in [-0.4, -0.2) is 35.1 Å². The molecule has 0 unspecified atom stereocenters. The molecule has 0 aliphatic heterocycles. The molecule has 0 fully saturated rings. The third-order valence-corrected chi connectivity index (χ3v) is 6.75. The van der Waals surface area contributed by atoms with Crippen molar-refractivity contribution in [1.82, 2.24) is 40.4 Å². The first-order chi connectivity index (χ1) is 19.3. The van der Waals surface area contributed by atoms with Gasteiger partial charge in [-0.25, -0.2) is 4.98 Å². The van der Waals surface area contributed by atoms with Gasteiger partial charge in [0.25, 0.3) is 0 Å². The number of aromatic amines is 2. The van der Waals surface area contributed by atoms with E-state index in [-0.39, 0.29) is 0 Å². The number of benzene rings is 2. The zero-order chi connectivity index (χ0) is 26.0. The Morgan fingerprint density at radius 2 is 1.62 bits per heavy atom. The summed E-state index contributed by atoms with van der Waals surface area (Å²) in [4.78, 5) is 21.8. The zero-order valence-corrected chi connectivity index (χ0v) is 21.0. The normalized spacial score (nSPS) is 11.4. The Bertz CT molecular complexity index is 1890. The smallest absolute Gasteiger partial charge is 0.159 e. The van der Waals surface area contributed by atoms with Crippen LogP contribution < -0.4 is 5.32 Å². The predicted molar refractivity (Wildman–Crippen MR) is 152 cm³/mol. The maximum absolute atomic E-state index is 4.95. The lowest BCUT2D eigenvalue weighted by Crippen LogP contribution is -2.12. The molecule has 7 aromatic rings. The fourth-order valence-corrected chi connectivity index (χ4v) is 4.83. The number of pyridine rings is 3. The Labute approximate surface area is 224 Å². The summed E-state index contributed by atoms with van der Waals surface area (Å²) in [7, 11) is 0. The number of rotatable bonds is 7. The SMILES string of the molecule is c1ccc(CNCc2cncc(-c3cc4c(-c5nc6c(-c7cccnc7)cccc6[nH]5)n[nH]c4cn3)c2)cc1. The first kappa shape index (κ1) is 22.9. The van der Waals surface area contributed by atoms with Gasteiger partial charge in [-0.3, -0.25) is 20.1 Å². The Morgan fingerprint density at radius 1 is 0.718 bits per heavy atom. The van der Waals surface area contributed by atoms with Crippen LogP contribution in [0.15, 0.2) is 104 Å². The van der Waals surface area contributed by atoms with Gasteiger partial charge < -0.3 is 10.3 Å². The van der Waals surface area contributed by atoms with Crippen LogP contribution in [0.4, 0.5) is 0 Å². The summed E-state index contributed by atoms with van der Waals surface area (Å²) in [6.07, 6.45) is 9.16. The third kappa shape index (κ3) is 4.54. The Balaban J connectivity index is 1.20. The average Bonchev–Trinajstić information content (AvgIpc) is 3.62. The van der Waals surface area contributed by atoms with E-state index >= 15 is 0 Å². The van der Waals surface area contributed by atoms with Crippen LogP contribution in [0.2, 0.25) is 0 Å². The van der Waals surface area contributed by atoms with Gasteiger partial charge in [-0.1, -0.05) is 48.5 Å². The zero-order valence-electron chi connectivity index (χ0n) is 21.0. The molecule has 8 heteroatoms. The lowest BCUT2D eigenvalue weighted by molar-refractivity contribution is 0.691. The van der Waals surface area contributed by atoms with Crippen molar-refractivity contribution in [3.8, 4) is 33.9 Å². The van der Waals surface area contributed by atoms with Crippen molar-refractivity contribution < 1.29 is 0 Å². The number of para-hydroxylation sites is 1. The third-order valence-electron chi connectivity index (χ3n) is 6.75. The fraction of sp³-hybridized carbons (Fsp3) is 0.0645. The molecule has 0 bridgehead atoms. The van der Waals surface area contributed by atoms with Crippen molar-refractivity contribution in [2.24, 2.45) is 0 Å². The monoisotopic (exact) mass is 508 g/mol. The molecule has 7 rings (SSSR count). The highest BCUT2D eigenvalue weighted by Crippen LogP contribution is 2.32. The van der Waals surface area contributed by atoms with Crippen LogP contribution in [0, 0.1) is 0 Å². The van der Waals surface area contributed by atoms with Gasteiger partial charge in [-0.15, -0.1) is 0 Å². The van der Waals surface area contributed by atoms with Crippen LogP contribution in [0.5, 0.6) is 0 Å². The molecule has 5 aromatic heterocycles. The number of aromatic nitrogens is 7. The minimum Gasteiger partial charge on any atom is -0.337 e. The number of fused-ring (bicyclic) bond motifs is 2. The van der Waals surface area contributed by atoms with Crippen molar-refractivity contribution in [2.45, 2.75) is 13.1 Å². The van der Waals surface area contributed by atoms with E-state index < -0.39 is 0 Å². The number of imidazole rings is 1. The molecule has 3 N–H and O–H groups in total. The molecule has 0 spiro atoms. The van der Waals surface area contributed by atoms with E-state index in [1.807, 2.05) is 61.2 Å². The van der Waals surface area contributed by atoms with Gasteiger partial charge >= 0.3 is 0 Å². The van der Waals surface area contributed by atoms with Crippen LogP contribution in [0.1, 0.15) is 11.1 Å². The summed E-state index contributed by atoms with van der Waals surface area (Å²) < 4.78 is 0. The van der Waals surface area contributed by atoms with Gasteiger partial charge in [0.2, 0.25) is 0 Å². The van der Waals surface area contributed by atoms with E-state index in [2.05, 4.69) is 71.8 Å². The standard InChI is InChI=1S/C31H24N8/c1-2-6-20(7-3-1)14-33-15-21-12-23(18-34-16-21)27-13-25-28(19-35-27)38-39-30(25)31-36-26-10-4-9-24(29(26)37-31)22-8-5-11-32-17-22/h1-13,16-19,33H,14-15H2,(H,36,37)(H,38,39). The molecule has 2 aromatic carbocycles. The molecule has 0 saturated carbocycles. The molecule has 0 aliphatic rings. The quantitative estimate of drug-likeness (QED) is 0.247. The lowest BCUT2D eigenvalue weighted by atomic mass is 10.1. The molecule has 5 heterocycles. The van der Waals surface area contributed by atoms with E-state index in [1.54, 1.807) is 6.20 Å². The molecule has 0 radical (unpaired) electrons. The van der Waals surface area contributed by atoms with E-state index in [9.17, 15) is 0 Å². The van der Waals surface area contributed by atoms with Gasteiger partial charge in [-0.2, -0.15) is 5.10 Å². The molecule has 0 atom stereocenters. The topological polar surface area (TPSA) is 108 Å². The molecule has 39 heavy (non-hydrogen) atoms. The van der Waals surface area contributed by atoms with Gasteiger partial charge in [0, 0.05) is 60.0 Å². The maximum atomic E-state index is 4.95. The first-order valence-electron chi connectivity index (χ1n) is 12.7. The number of nitrogens with one attached hydrogen (secondary N) is 3. The lowest BCUT2D eigenvalue weighted by Gasteiger charge is -2.07. The number of hydrogen-bond donors (Lipinski definition) is 3. The molecule has 8 nitrogen and oxygen atoms in total. The van der Waals surface area contributed by atoms with Crippen LogP contribution in [-0.2, 0) is 13.1 Å². The van der Waals surface area contributed by atoms with E-state index in [0.717, 1.165) is 62.1 Å². The van der Waals surface area contributed by atoms with Crippen molar-refractivity contribution in [2.75, 3.05) is 0 Å². The van der Waals surface area contributed by atoms with Crippen molar-refractivity contribution >= 4 is 21.9 Å². The Kier molecular flexibility index (Phi) is 5.84. The second-order valence-electron chi connectivity index (χ2n) is 9.39. The van der Waals surface area contributed by atoms with Gasteiger partial charge in [0.1, 0.15) is 5.69 Å². The molecular weight excluding hydrogens is 484 g/mol. The molecule has 0 aliphatic carbocycles. The summed E-state index contributed by atoms with van der Waals surface area (Å²) in [5.74, 6) is 0.696. The number of H-pyrrole nitrogens is 2. The maximum Gasteiger partial charge on any atom is 0.159 e. The van der Waals surface area contributed by atoms with E-state index in [1.165, 1.54) is 5.56 Å². The van der Waals surface area contributed by atoms with E-state index in [4.69, 9.17) is 4.98 Å². The van der Waals surface area contributed by atoms with Gasteiger partial charge in [0.15, 0.2) is 5.82 Å². The minimum absolute atomic E-state index is 0.696. The largest absolute Gasteiger partial charge is 0.337 e. The highest BCUT2D eigenvalue weighted by atomic mass is 15.1. The number of nitrogens with zero attached hydrogens (tertiary/aromatic N) is 5. The molecule has 0 amide bonds. The number of hydrogen-bond acceptors (Lipinski definition) is 6. The summed E-state index contributed by atoms with van der Waals surface area (Å²) in [6, 6.07) is 24.6. The predicted octanol–water partition coefficient (Wildman–Crippen LogP) is 5.92. The summed E-state index contributed by atoms with van der Waals surface area (Å²) in [5, 5.41) is 12.1. The van der Waals surface area contributed by atoms with Crippen molar-refractivity contribution in [3.05, 3.63) is 115 Å². The summed E-state index contributed by atoms with van der Waals surface area (Å²) in [5.41, 5.74) is 9.58. The highest BCUT2D eigenvalue weighted by molar-refractivity contribution is 5.97. The minimum atomic E-state index is 0.696. The second-order valence-corrected chi connectivity index (χ2v) is 9.39. The van der Waals surface area contributed by atoms with Crippen molar-refractivity contribution in [1.29, 1.82) is 0 Å². The van der Waals surface area contributed by atoms with Crippen LogP contribution >= 0.6 is 0 Å². The van der Waals surface area contributed by atoms with Gasteiger partial charge in [-0.05, 0) is 35.4 Å². The molecule has 188 valence electrons. The van der Waals surface area contributed by atoms with E-state index in [0.29, 0.717) is 12.4 Å². The van der Waals surface area contributed by atoms with Crippen molar-refractivity contribution in [3.63, 3.8) is 0 Å². The Hall–Kier alpha value is -5.21. The fourth-order valence-electron chi connectivity index (χ4n) is 4.83. The van der Waals surface area contributed by atoms with Gasteiger partial charge in [0.05, 0.1) is 28.4 Å².